The number of nitrogens with one attached hydrogen (secondary N) is 1. The van der Waals surface area contributed by atoms with Crippen molar-refractivity contribution in [3.63, 3.8) is 0 Å². The van der Waals surface area contributed by atoms with Gasteiger partial charge in [0.15, 0.2) is 6.61 Å². The van der Waals surface area contributed by atoms with Crippen LogP contribution in [0.2, 0.25) is 0 Å². The quantitative estimate of drug-likeness (QED) is 0.886. The number of carbonyl (C=O) groups excluding carboxylic acids is 1. The van der Waals surface area contributed by atoms with Crippen LogP contribution in [-0.2, 0) is 10.2 Å². The van der Waals surface area contributed by atoms with E-state index in [0.29, 0.717) is 12.5 Å². The van der Waals surface area contributed by atoms with E-state index >= 15 is 0 Å². The van der Waals surface area contributed by atoms with Gasteiger partial charge in [0.1, 0.15) is 5.75 Å². The first-order chi connectivity index (χ1) is 8.80. The van der Waals surface area contributed by atoms with Gasteiger partial charge in [-0.25, -0.2) is 0 Å². The highest BCUT2D eigenvalue weighted by Gasteiger charge is 2.18. The molecule has 0 unspecified atom stereocenters. The zero-order valence-electron chi connectivity index (χ0n) is 12.6. The molecule has 0 fully saturated rings. The second kappa shape index (κ2) is 6.60. The minimum absolute atomic E-state index is 0.00496. The van der Waals surface area contributed by atoms with Gasteiger partial charge in [-0.05, 0) is 23.0 Å². The number of hydrogen-bond acceptors (Lipinski definition) is 2. The summed E-state index contributed by atoms with van der Waals surface area (Å²) in [5, 5.41) is 2.85. The van der Waals surface area contributed by atoms with Crippen molar-refractivity contribution in [2.75, 3.05) is 13.2 Å². The molecule has 0 bridgehead atoms. The zero-order valence-corrected chi connectivity index (χ0v) is 12.6. The molecule has 0 aliphatic heterocycles. The maximum absolute atomic E-state index is 11.6. The van der Waals surface area contributed by atoms with Gasteiger partial charge in [0.25, 0.3) is 5.91 Å². The average Bonchev–Trinajstić information content (AvgIpc) is 2.33. The lowest BCUT2D eigenvalue weighted by molar-refractivity contribution is -0.123. The summed E-state index contributed by atoms with van der Waals surface area (Å²) in [4.78, 5) is 11.6. The maximum Gasteiger partial charge on any atom is 0.257 e. The van der Waals surface area contributed by atoms with Gasteiger partial charge < -0.3 is 10.1 Å². The van der Waals surface area contributed by atoms with Gasteiger partial charge >= 0.3 is 0 Å². The third-order valence-electron chi connectivity index (χ3n) is 2.76. The summed E-state index contributed by atoms with van der Waals surface area (Å²) >= 11 is 0. The van der Waals surface area contributed by atoms with Crippen molar-refractivity contribution in [1.29, 1.82) is 0 Å². The highest BCUT2D eigenvalue weighted by Crippen LogP contribution is 2.30. The average molecular weight is 263 g/mol. The van der Waals surface area contributed by atoms with Crippen LogP contribution in [0.1, 0.15) is 40.2 Å². The summed E-state index contributed by atoms with van der Waals surface area (Å²) in [6.45, 7) is 11.3. The number of para-hydroxylation sites is 1. The molecule has 1 rings (SSSR count). The molecule has 0 aromatic heterocycles. The van der Waals surface area contributed by atoms with E-state index in [9.17, 15) is 4.79 Å². The van der Waals surface area contributed by atoms with Gasteiger partial charge in [-0.15, -0.1) is 0 Å². The smallest absolute Gasteiger partial charge is 0.257 e. The summed E-state index contributed by atoms with van der Waals surface area (Å²) in [6, 6.07) is 7.88. The Kier molecular flexibility index (Phi) is 5.40. The zero-order chi connectivity index (χ0) is 14.5. The Morgan fingerprint density at radius 1 is 1.26 bits per heavy atom. The van der Waals surface area contributed by atoms with Crippen LogP contribution >= 0.6 is 0 Å². The Morgan fingerprint density at radius 2 is 1.89 bits per heavy atom. The lowest BCUT2D eigenvalue weighted by atomic mass is 9.86. The minimum Gasteiger partial charge on any atom is -0.483 e. The molecule has 0 heterocycles. The standard InChI is InChI=1S/C16H25NO2/c1-12(2)10-17-15(18)11-19-14-9-7-6-8-13(14)16(3,4)5/h6-9,12H,10-11H2,1-5H3,(H,17,18). The van der Waals surface area contributed by atoms with Gasteiger partial charge in [0.2, 0.25) is 0 Å². The summed E-state index contributed by atoms with van der Waals surface area (Å²) in [5.74, 6) is 1.16. The highest BCUT2D eigenvalue weighted by molar-refractivity contribution is 5.77. The van der Waals surface area contributed by atoms with Crippen molar-refractivity contribution >= 4 is 5.91 Å². The predicted molar refractivity (Wildman–Crippen MR) is 78.5 cm³/mol. The van der Waals surface area contributed by atoms with E-state index in [-0.39, 0.29) is 17.9 Å². The van der Waals surface area contributed by atoms with Crippen LogP contribution in [0.4, 0.5) is 0 Å². The first kappa shape index (κ1) is 15.5. The van der Waals surface area contributed by atoms with Crippen LogP contribution in [0.3, 0.4) is 0 Å². The number of rotatable bonds is 5. The molecule has 1 aromatic rings. The third-order valence-corrected chi connectivity index (χ3v) is 2.76. The third kappa shape index (κ3) is 5.33. The second-order valence-electron chi connectivity index (χ2n) is 6.23. The number of ether oxygens (including phenoxy) is 1. The highest BCUT2D eigenvalue weighted by atomic mass is 16.5. The van der Waals surface area contributed by atoms with Gasteiger partial charge in [-0.2, -0.15) is 0 Å². The number of benzene rings is 1. The van der Waals surface area contributed by atoms with Crippen LogP contribution in [0.25, 0.3) is 0 Å². The van der Waals surface area contributed by atoms with E-state index in [4.69, 9.17) is 4.74 Å². The first-order valence-corrected chi connectivity index (χ1v) is 6.79. The van der Waals surface area contributed by atoms with Gasteiger partial charge in [0, 0.05) is 6.54 Å². The molecule has 0 aliphatic rings. The molecule has 0 spiro atoms. The fraction of sp³-hybridized carbons (Fsp3) is 0.562. The Hall–Kier alpha value is -1.51. The van der Waals surface area contributed by atoms with E-state index < -0.39 is 0 Å². The Bertz CT molecular complexity index is 419. The molecule has 1 aromatic carbocycles. The summed E-state index contributed by atoms with van der Waals surface area (Å²) in [5.41, 5.74) is 1.12. The topological polar surface area (TPSA) is 38.3 Å². The normalized spacial score (nSPS) is 11.5. The lowest BCUT2D eigenvalue weighted by Crippen LogP contribution is -2.32. The van der Waals surface area contributed by atoms with Crippen molar-refractivity contribution in [2.24, 2.45) is 5.92 Å². The Labute approximate surface area is 116 Å². The van der Waals surface area contributed by atoms with Crippen molar-refractivity contribution in [3.05, 3.63) is 29.8 Å². The molecule has 0 aliphatic carbocycles. The molecule has 0 radical (unpaired) electrons. The molecule has 0 saturated heterocycles. The second-order valence-corrected chi connectivity index (χ2v) is 6.23. The van der Waals surface area contributed by atoms with Gasteiger partial charge in [0.05, 0.1) is 0 Å². The van der Waals surface area contributed by atoms with Crippen molar-refractivity contribution in [3.8, 4) is 5.75 Å². The molecular formula is C16H25NO2. The lowest BCUT2D eigenvalue weighted by Gasteiger charge is -2.22. The number of amides is 1. The molecular weight excluding hydrogens is 238 g/mol. The SMILES string of the molecule is CC(C)CNC(=O)COc1ccccc1C(C)(C)C. The molecule has 106 valence electrons. The van der Waals surface area contributed by atoms with Crippen molar-refractivity contribution < 1.29 is 9.53 Å². The fourth-order valence-electron chi connectivity index (χ4n) is 1.72. The molecule has 1 amide bonds. The fourth-order valence-corrected chi connectivity index (χ4v) is 1.72. The van der Waals surface area contributed by atoms with Crippen LogP contribution in [0.15, 0.2) is 24.3 Å². The van der Waals surface area contributed by atoms with E-state index in [1.165, 1.54) is 0 Å². The molecule has 1 N–H and O–H groups in total. The number of carbonyl (C=O) groups is 1. The molecule has 3 heteroatoms. The predicted octanol–water partition coefficient (Wildman–Crippen LogP) is 3.14. The van der Waals surface area contributed by atoms with Crippen molar-refractivity contribution in [1.82, 2.24) is 5.32 Å². The Balaban J connectivity index is 2.61. The van der Waals surface area contributed by atoms with Crippen molar-refractivity contribution in [2.45, 2.75) is 40.0 Å². The molecule has 0 saturated carbocycles. The van der Waals surface area contributed by atoms with E-state index in [0.717, 1.165) is 11.3 Å². The molecule has 3 nitrogen and oxygen atoms in total. The van der Waals surface area contributed by atoms with E-state index in [1.54, 1.807) is 0 Å². The monoisotopic (exact) mass is 263 g/mol. The first-order valence-electron chi connectivity index (χ1n) is 6.79. The molecule has 19 heavy (non-hydrogen) atoms. The van der Waals surface area contributed by atoms with Crippen LogP contribution in [-0.4, -0.2) is 19.1 Å². The van der Waals surface area contributed by atoms with Crippen LogP contribution < -0.4 is 10.1 Å². The summed E-state index contributed by atoms with van der Waals surface area (Å²) < 4.78 is 5.65. The molecule has 0 atom stereocenters. The van der Waals surface area contributed by atoms with E-state index in [2.05, 4.69) is 39.9 Å². The minimum atomic E-state index is -0.0718. The Morgan fingerprint density at radius 3 is 2.47 bits per heavy atom. The van der Waals surface area contributed by atoms with E-state index in [1.807, 2.05) is 24.3 Å². The van der Waals surface area contributed by atoms with Gasteiger partial charge in [-0.3, -0.25) is 4.79 Å². The van der Waals surface area contributed by atoms with Gasteiger partial charge in [-0.1, -0.05) is 52.8 Å². The summed E-state index contributed by atoms with van der Waals surface area (Å²) in [7, 11) is 0. The number of hydrogen-bond donors (Lipinski definition) is 1. The van der Waals surface area contributed by atoms with Crippen LogP contribution in [0.5, 0.6) is 5.75 Å². The summed E-state index contributed by atoms with van der Waals surface area (Å²) in [6.07, 6.45) is 0. The maximum atomic E-state index is 11.6. The van der Waals surface area contributed by atoms with Crippen LogP contribution in [0, 0.1) is 5.92 Å². The largest absolute Gasteiger partial charge is 0.483 e.